The summed E-state index contributed by atoms with van der Waals surface area (Å²) in [5.74, 6) is -0.853. The Morgan fingerprint density at radius 3 is 2.72 bits per heavy atom. The number of aryl methyl sites for hydroxylation is 1. The van der Waals surface area contributed by atoms with E-state index in [4.69, 9.17) is 11.6 Å². The zero-order chi connectivity index (χ0) is 20.6. The molecule has 4 rings (SSSR count). The number of amides is 4. The highest BCUT2D eigenvalue weighted by molar-refractivity contribution is 6.32. The van der Waals surface area contributed by atoms with Gasteiger partial charge in [-0.05, 0) is 43.4 Å². The SMILES string of the molecule is C[C@]1(c2ccccc2Cl)NC(=O)N(CC(=O)N[C@@H]2CCCc3ccccc32)C1=O. The number of nitrogens with one attached hydrogen (secondary N) is 2. The molecule has 1 fully saturated rings. The molecule has 29 heavy (non-hydrogen) atoms. The molecule has 1 aliphatic heterocycles. The fourth-order valence-corrected chi connectivity index (χ4v) is 4.50. The Morgan fingerprint density at radius 1 is 1.21 bits per heavy atom. The molecule has 0 unspecified atom stereocenters. The number of urea groups is 1. The summed E-state index contributed by atoms with van der Waals surface area (Å²) in [4.78, 5) is 39.1. The predicted octanol–water partition coefficient (Wildman–Crippen LogP) is 3.30. The summed E-state index contributed by atoms with van der Waals surface area (Å²) in [5.41, 5.74) is 1.53. The van der Waals surface area contributed by atoms with Crippen LogP contribution in [0.1, 0.15) is 42.5 Å². The largest absolute Gasteiger partial charge is 0.348 e. The zero-order valence-electron chi connectivity index (χ0n) is 16.1. The molecule has 2 N–H and O–H groups in total. The Labute approximate surface area is 174 Å². The van der Waals surface area contributed by atoms with Crippen molar-refractivity contribution in [1.29, 1.82) is 0 Å². The maximum atomic E-state index is 13.0. The molecule has 1 aliphatic carbocycles. The van der Waals surface area contributed by atoms with Gasteiger partial charge in [-0.1, -0.05) is 54.1 Å². The molecule has 0 bridgehead atoms. The Balaban J connectivity index is 1.49. The third kappa shape index (κ3) is 3.49. The van der Waals surface area contributed by atoms with Gasteiger partial charge in [0.2, 0.25) is 5.91 Å². The Hall–Kier alpha value is -2.86. The van der Waals surface area contributed by atoms with Gasteiger partial charge in [-0.15, -0.1) is 0 Å². The molecule has 1 heterocycles. The van der Waals surface area contributed by atoms with Gasteiger partial charge in [-0.3, -0.25) is 14.5 Å². The van der Waals surface area contributed by atoms with E-state index >= 15 is 0 Å². The van der Waals surface area contributed by atoms with E-state index in [1.807, 2.05) is 18.2 Å². The third-order valence-electron chi connectivity index (χ3n) is 5.69. The number of hydrogen-bond donors (Lipinski definition) is 2. The van der Waals surface area contributed by atoms with Gasteiger partial charge in [0.25, 0.3) is 5.91 Å². The van der Waals surface area contributed by atoms with E-state index in [-0.39, 0.29) is 18.5 Å². The summed E-state index contributed by atoms with van der Waals surface area (Å²) < 4.78 is 0. The summed E-state index contributed by atoms with van der Waals surface area (Å²) in [5, 5.41) is 6.05. The molecule has 150 valence electrons. The first-order valence-corrected chi connectivity index (χ1v) is 10.0. The van der Waals surface area contributed by atoms with Crippen LogP contribution in [0.4, 0.5) is 4.79 Å². The molecular formula is C22H22ClN3O3. The minimum atomic E-state index is -1.30. The molecular weight excluding hydrogens is 390 g/mol. The number of carbonyl (C=O) groups is 3. The van der Waals surface area contributed by atoms with Crippen molar-refractivity contribution in [2.45, 2.75) is 37.8 Å². The van der Waals surface area contributed by atoms with Crippen LogP contribution in [0.15, 0.2) is 48.5 Å². The number of halogens is 1. The molecule has 0 aromatic heterocycles. The monoisotopic (exact) mass is 411 g/mol. The van der Waals surface area contributed by atoms with E-state index in [0.29, 0.717) is 10.6 Å². The Kier molecular flexibility index (Phi) is 5.04. The number of rotatable bonds is 4. The topological polar surface area (TPSA) is 78.5 Å². The fraction of sp³-hybridized carbons (Fsp3) is 0.318. The lowest BCUT2D eigenvalue weighted by molar-refractivity contribution is -0.135. The number of carbonyl (C=O) groups excluding carboxylic acids is 3. The minimum Gasteiger partial charge on any atom is -0.348 e. The second kappa shape index (κ2) is 7.52. The highest BCUT2D eigenvalue weighted by Crippen LogP contribution is 2.33. The number of benzene rings is 2. The highest BCUT2D eigenvalue weighted by atomic mass is 35.5. The lowest BCUT2D eigenvalue weighted by Gasteiger charge is -2.27. The third-order valence-corrected chi connectivity index (χ3v) is 6.02. The zero-order valence-corrected chi connectivity index (χ0v) is 16.8. The summed E-state index contributed by atoms with van der Waals surface area (Å²) in [7, 11) is 0. The maximum absolute atomic E-state index is 13.0. The van der Waals surface area contributed by atoms with Crippen LogP contribution in [-0.4, -0.2) is 29.3 Å². The van der Waals surface area contributed by atoms with Crippen LogP contribution < -0.4 is 10.6 Å². The smallest absolute Gasteiger partial charge is 0.325 e. The molecule has 2 aliphatic rings. The molecule has 2 atom stereocenters. The second-order valence-electron chi connectivity index (χ2n) is 7.64. The van der Waals surface area contributed by atoms with Crippen molar-refractivity contribution >= 4 is 29.4 Å². The number of hydrogen-bond acceptors (Lipinski definition) is 3. The Bertz CT molecular complexity index is 993. The van der Waals surface area contributed by atoms with E-state index in [2.05, 4.69) is 16.7 Å². The van der Waals surface area contributed by atoms with Crippen molar-refractivity contribution in [2.24, 2.45) is 0 Å². The van der Waals surface area contributed by atoms with Crippen LogP contribution >= 0.6 is 11.6 Å². The lowest BCUT2D eigenvalue weighted by Crippen LogP contribution is -2.44. The van der Waals surface area contributed by atoms with Crippen LogP contribution in [0.2, 0.25) is 5.02 Å². The standard InChI is InChI=1S/C22H22ClN3O3/c1-22(16-10-4-5-11-17(16)23)20(28)26(21(29)25-22)13-19(27)24-18-12-6-8-14-7-2-3-9-15(14)18/h2-5,7,9-11,18H,6,8,12-13H2,1H3,(H,24,27)(H,25,29)/t18-,22-/m1/s1. The molecule has 6 nitrogen and oxygen atoms in total. The molecule has 4 amide bonds. The second-order valence-corrected chi connectivity index (χ2v) is 8.04. The molecule has 7 heteroatoms. The van der Waals surface area contributed by atoms with E-state index in [9.17, 15) is 14.4 Å². The Morgan fingerprint density at radius 2 is 1.93 bits per heavy atom. The van der Waals surface area contributed by atoms with Crippen LogP contribution in [0.25, 0.3) is 0 Å². The number of imide groups is 1. The summed E-state index contributed by atoms with van der Waals surface area (Å²) >= 11 is 6.24. The van der Waals surface area contributed by atoms with E-state index < -0.39 is 17.5 Å². The van der Waals surface area contributed by atoms with Crippen LogP contribution in [-0.2, 0) is 21.5 Å². The predicted molar refractivity (Wildman–Crippen MR) is 109 cm³/mol. The van der Waals surface area contributed by atoms with Crippen molar-refractivity contribution in [3.05, 3.63) is 70.2 Å². The van der Waals surface area contributed by atoms with Gasteiger partial charge in [0, 0.05) is 10.6 Å². The van der Waals surface area contributed by atoms with Crippen molar-refractivity contribution in [2.75, 3.05) is 6.54 Å². The van der Waals surface area contributed by atoms with Crippen molar-refractivity contribution < 1.29 is 14.4 Å². The molecule has 2 aromatic rings. The van der Waals surface area contributed by atoms with Crippen LogP contribution in [0, 0.1) is 0 Å². The minimum absolute atomic E-state index is 0.108. The first kappa shape index (κ1) is 19.5. The van der Waals surface area contributed by atoms with Gasteiger partial charge in [-0.2, -0.15) is 0 Å². The highest BCUT2D eigenvalue weighted by Gasteiger charge is 2.50. The lowest BCUT2D eigenvalue weighted by atomic mass is 9.88. The van der Waals surface area contributed by atoms with Crippen LogP contribution in [0.3, 0.4) is 0 Å². The summed E-state index contributed by atoms with van der Waals surface area (Å²) in [6.45, 7) is 1.27. The molecule has 0 spiro atoms. The van der Waals surface area contributed by atoms with Crippen molar-refractivity contribution in [3.8, 4) is 0 Å². The maximum Gasteiger partial charge on any atom is 0.325 e. The first-order chi connectivity index (χ1) is 13.9. The molecule has 0 saturated carbocycles. The normalized spacial score (nSPS) is 23.5. The van der Waals surface area contributed by atoms with Crippen molar-refractivity contribution in [1.82, 2.24) is 15.5 Å². The van der Waals surface area contributed by atoms with E-state index in [1.165, 1.54) is 5.56 Å². The van der Waals surface area contributed by atoms with E-state index in [0.717, 1.165) is 29.7 Å². The molecule has 1 saturated heterocycles. The van der Waals surface area contributed by atoms with Gasteiger partial charge in [0.15, 0.2) is 0 Å². The first-order valence-electron chi connectivity index (χ1n) is 9.66. The van der Waals surface area contributed by atoms with Gasteiger partial charge in [-0.25, -0.2) is 4.79 Å². The van der Waals surface area contributed by atoms with Gasteiger partial charge in [0.05, 0.1) is 6.04 Å². The average Bonchev–Trinajstić information content (AvgIpc) is 2.92. The molecule has 2 aromatic carbocycles. The van der Waals surface area contributed by atoms with E-state index in [1.54, 1.807) is 31.2 Å². The van der Waals surface area contributed by atoms with Crippen LogP contribution in [0.5, 0.6) is 0 Å². The number of nitrogens with zero attached hydrogens (tertiary/aromatic N) is 1. The quantitative estimate of drug-likeness (QED) is 0.757. The van der Waals surface area contributed by atoms with Gasteiger partial charge < -0.3 is 10.6 Å². The van der Waals surface area contributed by atoms with Crippen molar-refractivity contribution in [3.63, 3.8) is 0 Å². The van der Waals surface area contributed by atoms with Gasteiger partial charge in [0.1, 0.15) is 12.1 Å². The molecule has 0 radical (unpaired) electrons. The number of fused-ring (bicyclic) bond motifs is 1. The average molecular weight is 412 g/mol. The summed E-state index contributed by atoms with van der Waals surface area (Å²) in [6, 6.07) is 14.2. The summed E-state index contributed by atoms with van der Waals surface area (Å²) in [6.07, 6.45) is 2.81. The van der Waals surface area contributed by atoms with Gasteiger partial charge >= 0.3 is 6.03 Å². The fourth-order valence-electron chi connectivity index (χ4n) is 4.18.